The van der Waals surface area contributed by atoms with Crippen LogP contribution in [0.4, 0.5) is 4.39 Å². The van der Waals surface area contributed by atoms with Crippen molar-refractivity contribution in [2.24, 2.45) is 5.73 Å². The molecule has 2 nitrogen and oxygen atoms in total. The molecule has 0 aliphatic rings. The molecule has 1 rings (SSSR count). The van der Waals surface area contributed by atoms with Gasteiger partial charge in [0, 0.05) is 17.8 Å². The number of nitrogens with zero attached hydrogens (tertiary/aromatic N) is 1. The van der Waals surface area contributed by atoms with Crippen LogP contribution in [0, 0.1) is 12.7 Å². The number of benzene rings is 1. The molecule has 0 heterocycles. The Labute approximate surface area is 126 Å². The molecule has 4 heteroatoms. The van der Waals surface area contributed by atoms with Crippen LogP contribution >= 0.6 is 11.8 Å². The third-order valence-corrected chi connectivity index (χ3v) is 4.59. The topological polar surface area (TPSA) is 29.3 Å². The van der Waals surface area contributed by atoms with Crippen molar-refractivity contribution in [3.8, 4) is 0 Å². The SMILES string of the molecule is CCC(CSC)N(C)CCC(N)c1ccc(C)c(F)c1. The van der Waals surface area contributed by atoms with E-state index in [-0.39, 0.29) is 11.9 Å². The molecule has 0 spiro atoms. The zero-order chi connectivity index (χ0) is 15.1. The highest BCUT2D eigenvalue weighted by Crippen LogP contribution is 2.18. The monoisotopic (exact) mass is 298 g/mol. The standard InChI is InChI=1S/C16H27FN2S/c1-5-14(11-20-4)19(3)9-8-16(18)13-7-6-12(2)15(17)10-13/h6-7,10,14,16H,5,8-9,11,18H2,1-4H3. The van der Waals surface area contributed by atoms with Gasteiger partial charge in [0.25, 0.3) is 0 Å². The maximum absolute atomic E-state index is 13.6. The lowest BCUT2D eigenvalue weighted by molar-refractivity contribution is 0.246. The summed E-state index contributed by atoms with van der Waals surface area (Å²) in [5.41, 5.74) is 7.74. The minimum absolute atomic E-state index is 0.0978. The van der Waals surface area contributed by atoms with Crippen LogP contribution in [-0.4, -0.2) is 36.5 Å². The zero-order valence-electron chi connectivity index (χ0n) is 13.0. The van der Waals surface area contributed by atoms with E-state index in [0.29, 0.717) is 11.6 Å². The van der Waals surface area contributed by atoms with Crippen LogP contribution in [0.3, 0.4) is 0 Å². The third kappa shape index (κ3) is 5.08. The largest absolute Gasteiger partial charge is 0.324 e. The third-order valence-electron chi connectivity index (χ3n) is 3.87. The Morgan fingerprint density at radius 1 is 1.40 bits per heavy atom. The Morgan fingerprint density at radius 2 is 2.10 bits per heavy atom. The van der Waals surface area contributed by atoms with E-state index in [1.165, 1.54) is 0 Å². The molecule has 2 N–H and O–H groups in total. The molecule has 0 aliphatic carbocycles. The van der Waals surface area contributed by atoms with Crippen molar-refractivity contribution in [2.75, 3.05) is 25.6 Å². The van der Waals surface area contributed by atoms with E-state index in [9.17, 15) is 4.39 Å². The van der Waals surface area contributed by atoms with E-state index in [0.717, 1.165) is 30.7 Å². The lowest BCUT2D eigenvalue weighted by Crippen LogP contribution is -2.35. The van der Waals surface area contributed by atoms with Gasteiger partial charge in [-0.3, -0.25) is 0 Å². The molecular weight excluding hydrogens is 271 g/mol. The lowest BCUT2D eigenvalue weighted by Gasteiger charge is -2.27. The van der Waals surface area contributed by atoms with E-state index in [2.05, 4.69) is 25.1 Å². The summed E-state index contributed by atoms with van der Waals surface area (Å²) < 4.78 is 13.6. The molecule has 0 amide bonds. The summed E-state index contributed by atoms with van der Waals surface area (Å²) in [7, 11) is 2.15. The highest BCUT2D eigenvalue weighted by Gasteiger charge is 2.14. The van der Waals surface area contributed by atoms with Crippen molar-refractivity contribution in [3.05, 3.63) is 35.1 Å². The summed E-state index contributed by atoms with van der Waals surface area (Å²) in [5.74, 6) is 0.974. The Morgan fingerprint density at radius 3 is 2.65 bits per heavy atom. The van der Waals surface area contributed by atoms with E-state index < -0.39 is 0 Å². The average Bonchev–Trinajstić information content (AvgIpc) is 2.44. The summed E-state index contributed by atoms with van der Waals surface area (Å²) in [6.07, 6.45) is 4.13. The summed E-state index contributed by atoms with van der Waals surface area (Å²) in [6.45, 7) is 4.93. The maximum Gasteiger partial charge on any atom is 0.126 e. The first-order valence-electron chi connectivity index (χ1n) is 7.20. The molecule has 0 aromatic heterocycles. The number of thioether (sulfide) groups is 1. The normalized spacial score (nSPS) is 14.6. The number of hydrogen-bond donors (Lipinski definition) is 1. The van der Waals surface area contributed by atoms with E-state index in [1.807, 2.05) is 17.8 Å². The molecular formula is C16H27FN2S. The Hall–Kier alpha value is -0.580. The first-order chi connectivity index (χ1) is 9.49. The van der Waals surface area contributed by atoms with E-state index in [4.69, 9.17) is 5.73 Å². The smallest absolute Gasteiger partial charge is 0.126 e. The van der Waals surface area contributed by atoms with Gasteiger partial charge >= 0.3 is 0 Å². The molecule has 1 aromatic rings. The molecule has 1 aromatic carbocycles. The Bertz CT molecular complexity index is 411. The Balaban J connectivity index is 2.53. The van der Waals surface area contributed by atoms with Gasteiger partial charge < -0.3 is 10.6 Å². The van der Waals surface area contributed by atoms with Crippen molar-refractivity contribution in [1.82, 2.24) is 4.90 Å². The van der Waals surface area contributed by atoms with E-state index >= 15 is 0 Å². The zero-order valence-corrected chi connectivity index (χ0v) is 13.8. The number of aryl methyl sites for hydroxylation is 1. The first kappa shape index (κ1) is 17.5. The average molecular weight is 298 g/mol. The van der Waals surface area contributed by atoms with Crippen LogP contribution in [0.1, 0.15) is 36.9 Å². The van der Waals surface area contributed by atoms with Crippen LogP contribution in [-0.2, 0) is 0 Å². The summed E-state index contributed by atoms with van der Waals surface area (Å²) in [4.78, 5) is 2.36. The first-order valence-corrected chi connectivity index (χ1v) is 8.59. The van der Waals surface area contributed by atoms with Crippen molar-refractivity contribution in [3.63, 3.8) is 0 Å². The predicted octanol–water partition coefficient (Wildman–Crippen LogP) is 3.60. The fourth-order valence-electron chi connectivity index (χ4n) is 2.28. The number of halogens is 1. The number of rotatable bonds is 8. The van der Waals surface area contributed by atoms with Gasteiger partial charge in [0.2, 0.25) is 0 Å². The van der Waals surface area contributed by atoms with Crippen LogP contribution < -0.4 is 5.73 Å². The van der Waals surface area contributed by atoms with Gasteiger partial charge in [0.15, 0.2) is 0 Å². The van der Waals surface area contributed by atoms with Crippen molar-refractivity contribution in [2.45, 2.75) is 38.8 Å². The lowest BCUT2D eigenvalue weighted by atomic mass is 10.0. The van der Waals surface area contributed by atoms with Gasteiger partial charge in [-0.25, -0.2) is 4.39 Å². The van der Waals surface area contributed by atoms with Gasteiger partial charge in [0.1, 0.15) is 5.82 Å². The van der Waals surface area contributed by atoms with Gasteiger partial charge in [0.05, 0.1) is 0 Å². The van der Waals surface area contributed by atoms with Crippen LogP contribution in [0.25, 0.3) is 0 Å². The molecule has 114 valence electrons. The van der Waals surface area contributed by atoms with Crippen molar-refractivity contribution in [1.29, 1.82) is 0 Å². The fourth-order valence-corrected chi connectivity index (χ4v) is 3.16. The summed E-state index contributed by atoms with van der Waals surface area (Å²) in [6, 6.07) is 5.80. The summed E-state index contributed by atoms with van der Waals surface area (Å²) >= 11 is 1.87. The van der Waals surface area contributed by atoms with E-state index in [1.54, 1.807) is 19.1 Å². The molecule has 2 atom stereocenters. The molecule has 20 heavy (non-hydrogen) atoms. The van der Waals surface area contributed by atoms with Gasteiger partial charge in [-0.05, 0) is 56.8 Å². The quantitative estimate of drug-likeness (QED) is 0.795. The minimum Gasteiger partial charge on any atom is -0.324 e. The fraction of sp³-hybridized carbons (Fsp3) is 0.625. The molecule has 2 unspecified atom stereocenters. The highest BCUT2D eigenvalue weighted by molar-refractivity contribution is 7.98. The maximum atomic E-state index is 13.6. The molecule has 0 radical (unpaired) electrons. The second-order valence-corrected chi connectivity index (χ2v) is 6.31. The number of nitrogens with two attached hydrogens (primary N) is 1. The molecule has 0 fully saturated rings. The van der Waals surface area contributed by atoms with Gasteiger partial charge in [-0.2, -0.15) is 11.8 Å². The number of hydrogen-bond acceptors (Lipinski definition) is 3. The molecule has 0 aliphatic heterocycles. The van der Waals surface area contributed by atoms with Crippen LogP contribution in [0.15, 0.2) is 18.2 Å². The molecule has 0 saturated carbocycles. The second kappa shape index (κ2) is 8.65. The summed E-state index contributed by atoms with van der Waals surface area (Å²) in [5, 5.41) is 0. The Kier molecular flexibility index (Phi) is 7.56. The predicted molar refractivity (Wildman–Crippen MR) is 87.8 cm³/mol. The molecule has 0 saturated heterocycles. The van der Waals surface area contributed by atoms with Crippen molar-refractivity contribution >= 4 is 11.8 Å². The van der Waals surface area contributed by atoms with Crippen LogP contribution in [0.5, 0.6) is 0 Å². The van der Waals surface area contributed by atoms with Crippen LogP contribution in [0.2, 0.25) is 0 Å². The van der Waals surface area contributed by atoms with Crippen molar-refractivity contribution < 1.29 is 4.39 Å². The second-order valence-electron chi connectivity index (χ2n) is 5.40. The molecule has 0 bridgehead atoms. The highest BCUT2D eigenvalue weighted by atomic mass is 32.2. The minimum atomic E-state index is -0.167. The van der Waals surface area contributed by atoms with Gasteiger partial charge in [-0.15, -0.1) is 0 Å². The van der Waals surface area contributed by atoms with Gasteiger partial charge in [-0.1, -0.05) is 19.1 Å².